The zero-order valence-corrected chi connectivity index (χ0v) is 15.4. The largest absolute Gasteiger partial charge is 0.497 e. The molecule has 140 valence electrons. The molecule has 0 unspecified atom stereocenters. The van der Waals surface area contributed by atoms with Crippen molar-refractivity contribution >= 4 is 46.4 Å². The predicted molar refractivity (Wildman–Crippen MR) is 102 cm³/mol. The molecule has 0 bridgehead atoms. The Morgan fingerprint density at radius 1 is 1.07 bits per heavy atom. The maximum atomic E-state index is 12.0. The van der Waals surface area contributed by atoms with E-state index in [1.165, 1.54) is 19.2 Å². The van der Waals surface area contributed by atoms with Gasteiger partial charge in [0, 0.05) is 17.2 Å². The van der Waals surface area contributed by atoms with Crippen molar-refractivity contribution < 1.29 is 19.2 Å². The van der Waals surface area contributed by atoms with Crippen molar-refractivity contribution in [2.24, 2.45) is 0 Å². The van der Waals surface area contributed by atoms with Crippen LogP contribution in [0.5, 0.6) is 5.75 Å². The number of thiocarbonyl (C=S) groups is 1. The standard InChI is InChI=1S/C16H13ClN4O5S/c1-26-11-5-2-9(3-6-11)14(22)18-16(27)20-19-15(23)10-4-7-12(17)13(8-10)21(24)25/h2-8H,1H3,(H,19,23)(H2,18,20,22,27). The summed E-state index contributed by atoms with van der Waals surface area (Å²) in [5, 5.41) is 13.0. The molecule has 9 nitrogen and oxygen atoms in total. The van der Waals surface area contributed by atoms with E-state index in [0.29, 0.717) is 11.3 Å². The summed E-state index contributed by atoms with van der Waals surface area (Å²) in [7, 11) is 1.51. The van der Waals surface area contributed by atoms with Crippen molar-refractivity contribution in [3.8, 4) is 5.75 Å². The Morgan fingerprint density at radius 2 is 1.70 bits per heavy atom. The number of carbonyl (C=O) groups is 2. The molecule has 0 radical (unpaired) electrons. The van der Waals surface area contributed by atoms with Gasteiger partial charge in [-0.3, -0.25) is 35.9 Å². The molecule has 27 heavy (non-hydrogen) atoms. The van der Waals surface area contributed by atoms with Crippen molar-refractivity contribution in [3.63, 3.8) is 0 Å². The fourth-order valence-electron chi connectivity index (χ4n) is 1.93. The summed E-state index contributed by atoms with van der Waals surface area (Å²) >= 11 is 10.6. The van der Waals surface area contributed by atoms with Crippen LogP contribution in [0.25, 0.3) is 0 Å². The minimum atomic E-state index is -0.702. The van der Waals surface area contributed by atoms with Crippen molar-refractivity contribution in [3.05, 3.63) is 68.7 Å². The third-order valence-electron chi connectivity index (χ3n) is 3.27. The highest BCUT2D eigenvalue weighted by atomic mass is 35.5. The number of hydrazine groups is 1. The summed E-state index contributed by atoms with van der Waals surface area (Å²) in [5.74, 6) is -0.598. The number of methoxy groups -OCH3 is 1. The van der Waals surface area contributed by atoms with Crippen LogP contribution >= 0.6 is 23.8 Å². The molecule has 0 spiro atoms. The van der Waals surface area contributed by atoms with Gasteiger partial charge in [0.15, 0.2) is 5.11 Å². The Bertz CT molecular complexity index is 904. The molecule has 0 aliphatic rings. The van der Waals surface area contributed by atoms with Gasteiger partial charge in [-0.15, -0.1) is 0 Å². The second-order valence-corrected chi connectivity index (χ2v) is 5.83. The topological polar surface area (TPSA) is 123 Å². The second-order valence-electron chi connectivity index (χ2n) is 5.01. The van der Waals surface area contributed by atoms with Gasteiger partial charge >= 0.3 is 0 Å². The number of nitro groups is 1. The third kappa shape index (κ3) is 5.36. The average Bonchev–Trinajstić information content (AvgIpc) is 2.66. The first kappa shape index (κ1) is 20.1. The molecule has 0 fully saturated rings. The molecule has 0 heterocycles. The molecule has 11 heteroatoms. The van der Waals surface area contributed by atoms with E-state index in [0.717, 1.165) is 6.07 Å². The highest BCUT2D eigenvalue weighted by molar-refractivity contribution is 7.80. The lowest BCUT2D eigenvalue weighted by atomic mass is 10.2. The van der Waals surface area contributed by atoms with Crippen LogP contribution in [-0.2, 0) is 0 Å². The number of ether oxygens (including phenoxy) is 1. The second kappa shape index (κ2) is 8.92. The Labute approximate surface area is 163 Å². The molecule has 0 saturated carbocycles. The van der Waals surface area contributed by atoms with Crippen LogP contribution in [0.15, 0.2) is 42.5 Å². The number of amides is 2. The van der Waals surface area contributed by atoms with Gasteiger partial charge in [0.1, 0.15) is 10.8 Å². The number of nitrogens with zero attached hydrogens (tertiary/aromatic N) is 1. The first-order valence-corrected chi connectivity index (χ1v) is 8.10. The van der Waals surface area contributed by atoms with Crippen LogP contribution in [0.2, 0.25) is 5.02 Å². The summed E-state index contributed by atoms with van der Waals surface area (Å²) in [6.07, 6.45) is 0. The first-order chi connectivity index (χ1) is 12.8. The van der Waals surface area contributed by atoms with Gasteiger partial charge < -0.3 is 4.74 Å². The van der Waals surface area contributed by atoms with E-state index in [2.05, 4.69) is 16.2 Å². The lowest BCUT2D eigenvalue weighted by molar-refractivity contribution is -0.384. The molecule has 0 aliphatic heterocycles. The number of hydrogen-bond donors (Lipinski definition) is 3. The highest BCUT2D eigenvalue weighted by Gasteiger charge is 2.16. The normalized spacial score (nSPS) is 9.85. The summed E-state index contributed by atoms with van der Waals surface area (Å²) < 4.78 is 5.00. The Hall–Kier alpha value is -3.24. The number of hydrogen-bond acceptors (Lipinski definition) is 6. The summed E-state index contributed by atoms with van der Waals surface area (Å²) in [6.45, 7) is 0. The van der Waals surface area contributed by atoms with Gasteiger partial charge in [0.25, 0.3) is 17.5 Å². The number of nitrogens with one attached hydrogen (secondary N) is 3. The van der Waals surface area contributed by atoms with Gasteiger partial charge in [0.05, 0.1) is 12.0 Å². The van der Waals surface area contributed by atoms with Crippen molar-refractivity contribution in [2.75, 3.05) is 7.11 Å². The number of nitro benzene ring substituents is 1. The van der Waals surface area contributed by atoms with E-state index in [1.807, 2.05) is 0 Å². The van der Waals surface area contributed by atoms with E-state index in [9.17, 15) is 19.7 Å². The van der Waals surface area contributed by atoms with Gasteiger partial charge in [-0.25, -0.2) is 0 Å². The maximum absolute atomic E-state index is 12.0. The molecule has 2 amide bonds. The van der Waals surface area contributed by atoms with Gasteiger partial charge in [-0.2, -0.15) is 0 Å². The Morgan fingerprint density at radius 3 is 2.30 bits per heavy atom. The third-order valence-corrected chi connectivity index (χ3v) is 3.80. The van der Waals surface area contributed by atoms with E-state index in [1.54, 1.807) is 24.3 Å². The van der Waals surface area contributed by atoms with E-state index >= 15 is 0 Å². The molecule has 0 saturated heterocycles. The lowest BCUT2D eigenvalue weighted by Gasteiger charge is -2.11. The minimum absolute atomic E-state index is 0.0112. The minimum Gasteiger partial charge on any atom is -0.497 e. The molecule has 2 aromatic rings. The van der Waals surface area contributed by atoms with Gasteiger partial charge in [0.2, 0.25) is 0 Å². The molecule has 0 aromatic heterocycles. The number of carbonyl (C=O) groups excluding carboxylic acids is 2. The fraction of sp³-hybridized carbons (Fsp3) is 0.0625. The van der Waals surface area contributed by atoms with Crippen LogP contribution in [0.3, 0.4) is 0 Å². The van der Waals surface area contributed by atoms with Crippen molar-refractivity contribution in [2.45, 2.75) is 0 Å². The molecule has 2 rings (SSSR count). The Balaban J connectivity index is 1.92. The van der Waals surface area contributed by atoms with Gasteiger partial charge in [-0.05, 0) is 48.6 Å². The summed E-state index contributed by atoms with van der Waals surface area (Å²) in [5.41, 5.74) is 4.49. The van der Waals surface area contributed by atoms with Crippen LogP contribution in [0.1, 0.15) is 20.7 Å². The van der Waals surface area contributed by atoms with Crippen molar-refractivity contribution in [1.82, 2.24) is 16.2 Å². The molecular weight excluding hydrogens is 396 g/mol. The maximum Gasteiger partial charge on any atom is 0.288 e. The summed E-state index contributed by atoms with van der Waals surface area (Å²) in [6, 6.07) is 9.88. The highest BCUT2D eigenvalue weighted by Crippen LogP contribution is 2.24. The SMILES string of the molecule is COc1ccc(C(=O)NC(=S)NNC(=O)c2ccc(Cl)c([N+](=O)[O-])c2)cc1. The molecule has 0 atom stereocenters. The monoisotopic (exact) mass is 408 g/mol. The molecule has 3 N–H and O–H groups in total. The van der Waals surface area contributed by atoms with Gasteiger partial charge in [-0.1, -0.05) is 11.6 Å². The molecular formula is C16H13ClN4O5S. The zero-order valence-electron chi connectivity index (χ0n) is 13.8. The van der Waals surface area contributed by atoms with Crippen molar-refractivity contribution in [1.29, 1.82) is 0 Å². The quantitative estimate of drug-likeness (QED) is 0.402. The van der Waals surface area contributed by atoms with Crippen LogP contribution in [-0.4, -0.2) is 29.0 Å². The number of rotatable bonds is 4. The average molecular weight is 409 g/mol. The summed E-state index contributed by atoms with van der Waals surface area (Å²) in [4.78, 5) is 34.2. The number of benzene rings is 2. The van der Waals surface area contributed by atoms with E-state index in [4.69, 9.17) is 28.6 Å². The fourth-order valence-corrected chi connectivity index (χ4v) is 2.26. The first-order valence-electron chi connectivity index (χ1n) is 7.31. The van der Waals surface area contributed by atoms with E-state index < -0.39 is 22.4 Å². The van der Waals surface area contributed by atoms with Crippen LogP contribution < -0.4 is 20.9 Å². The van der Waals surface area contributed by atoms with E-state index in [-0.39, 0.29) is 15.7 Å². The predicted octanol–water partition coefficient (Wildman–Crippen LogP) is 2.21. The molecule has 0 aliphatic carbocycles. The van der Waals surface area contributed by atoms with Crippen LogP contribution in [0, 0.1) is 10.1 Å². The number of halogens is 1. The lowest BCUT2D eigenvalue weighted by Crippen LogP contribution is -2.48. The smallest absolute Gasteiger partial charge is 0.288 e. The zero-order chi connectivity index (χ0) is 20.0. The van der Waals surface area contributed by atoms with Crippen LogP contribution in [0.4, 0.5) is 5.69 Å². The Kier molecular flexibility index (Phi) is 6.63. The molecule has 2 aromatic carbocycles.